The van der Waals surface area contributed by atoms with Crippen LogP contribution in [0.4, 0.5) is 0 Å². The molecule has 4 rings (SSSR count). The molecule has 0 aliphatic carbocycles. The molecular formula is C26H38. The number of hydrogen-bond acceptors (Lipinski definition) is 0. The first kappa shape index (κ1) is 23.9. The lowest BCUT2D eigenvalue weighted by atomic mass is 9.91. The molecule has 0 amide bonds. The summed E-state index contributed by atoms with van der Waals surface area (Å²) < 4.78 is 0. The van der Waals surface area contributed by atoms with E-state index in [9.17, 15) is 0 Å². The minimum atomic E-state index is 1.35. The Morgan fingerprint density at radius 1 is 0.385 bits per heavy atom. The van der Waals surface area contributed by atoms with Crippen molar-refractivity contribution in [2.24, 2.45) is 0 Å². The van der Waals surface area contributed by atoms with Crippen LogP contribution in [0.3, 0.4) is 0 Å². The van der Waals surface area contributed by atoms with Crippen LogP contribution in [-0.2, 0) is 0 Å². The maximum atomic E-state index is 2.26. The summed E-state index contributed by atoms with van der Waals surface area (Å²) in [6.45, 7) is 20.4. The maximum absolute atomic E-state index is 2.26. The Kier molecular flexibility index (Phi) is 11.3. The molecule has 0 atom stereocenters. The average Bonchev–Trinajstić information content (AvgIpc) is 2.75. The molecule has 0 unspecified atom stereocenters. The molecule has 0 saturated heterocycles. The minimum Gasteiger partial charge on any atom is -0.0683 e. The third kappa shape index (κ3) is 4.55. The Hall–Kier alpha value is -2.08. The van der Waals surface area contributed by atoms with Gasteiger partial charge in [0.25, 0.3) is 0 Å². The van der Waals surface area contributed by atoms with Crippen LogP contribution in [0.25, 0.3) is 32.3 Å². The van der Waals surface area contributed by atoms with Crippen LogP contribution in [0.1, 0.15) is 66.5 Å². The van der Waals surface area contributed by atoms with Gasteiger partial charge in [0.05, 0.1) is 0 Å². The molecule has 0 bridgehead atoms. The van der Waals surface area contributed by atoms with Crippen LogP contribution in [0.2, 0.25) is 0 Å². The third-order valence-electron chi connectivity index (χ3n) is 4.10. The highest BCUT2D eigenvalue weighted by atomic mass is 14.1. The molecule has 0 spiro atoms. The standard InChI is InChI=1S/C18H14.4C2H6/c1-11-3-5-13-8-10-16-12(2)4-6-14-7-9-15(11)17(13)18(14)16;4*1-2/h3-10H,1-2H3;4*1-2H3. The number of benzene rings is 4. The summed E-state index contributed by atoms with van der Waals surface area (Å²) in [5.74, 6) is 0. The summed E-state index contributed by atoms with van der Waals surface area (Å²) in [5.41, 5.74) is 2.72. The zero-order chi connectivity index (χ0) is 20.3. The molecule has 142 valence electrons. The monoisotopic (exact) mass is 350 g/mol. The summed E-state index contributed by atoms with van der Waals surface area (Å²) in [4.78, 5) is 0. The Balaban J connectivity index is 0.000000698. The molecule has 0 aromatic heterocycles. The Labute approximate surface area is 161 Å². The van der Waals surface area contributed by atoms with Gasteiger partial charge in [-0.25, -0.2) is 0 Å². The predicted molar refractivity (Wildman–Crippen MR) is 125 cm³/mol. The second kappa shape index (κ2) is 12.3. The first-order valence-corrected chi connectivity index (χ1v) is 10.4. The van der Waals surface area contributed by atoms with Crippen LogP contribution < -0.4 is 0 Å². The number of hydrogen-bond donors (Lipinski definition) is 0. The van der Waals surface area contributed by atoms with E-state index in [4.69, 9.17) is 0 Å². The molecule has 0 N–H and O–H groups in total. The van der Waals surface area contributed by atoms with E-state index in [1.807, 2.05) is 55.4 Å². The highest BCUT2D eigenvalue weighted by Gasteiger charge is 2.09. The molecule has 0 aliphatic heterocycles. The van der Waals surface area contributed by atoms with E-state index in [2.05, 4.69) is 62.4 Å². The first-order chi connectivity index (χ1) is 12.8. The smallest absolute Gasteiger partial charge is 0.00240 e. The van der Waals surface area contributed by atoms with Crippen molar-refractivity contribution in [1.82, 2.24) is 0 Å². The Bertz CT molecular complexity index is 809. The van der Waals surface area contributed by atoms with Gasteiger partial charge in [0.15, 0.2) is 0 Å². The van der Waals surface area contributed by atoms with Crippen molar-refractivity contribution < 1.29 is 0 Å². The van der Waals surface area contributed by atoms with Gasteiger partial charge in [0.1, 0.15) is 0 Å². The highest BCUT2D eigenvalue weighted by Crippen LogP contribution is 2.36. The zero-order valence-electron chi connectivity index (χ0n) is 18.6. The van der Waals surface area contributed by atoms with Crippen molar-refractivity contribution in [2.75, 3.05) is 0 Å². The quantitative estimate of drug-likeness (QED) is 0.277. The molecule has 4 aromatic carbocycles. The van der Waals surface area contributed by atoms with E-state index in [-0.39, 0.29) is 0 Å². The van der Waals surface area contributed by atoms with Gasteiger partial charge in [-0.15, -0.1) is 0 Å². The van der Waals surface area contributed by atoms with Gasteiger partial charge in [-0.05, 0) is 57.3 Å². The number of aryl methyl sites for hydroxylation is 2. The lowest BCUT2D eigenvalue weighted by Crippen LogP contribution is -1.87. The predicted octanol–water partition coefficient (Wildman–Crippen LogP) is 9.31. The lowest BCUT2D eigenvalue weighted by molar-refractivity contribution is 1.50. The second-order valence-electron chi connectivity index (χ2n) is 5.19. The second-order valence-corrected chi connectivity index (χ2v) is 5.19. The van der Waals surface area contributed by atoms with E-state index in [0.717, 1.165) is 0 Å². The summed E-state index contributed by atoms with van der Waals surface area (Å²) in [6.07, 6.45) is 0. The zero-order valence-corrected chi connectivity index (χ0v) is 18.6. The fourth-order valence-corrected chi connectivity index (χ4v) is 3.09. The number of rotatable bonds is 0. The molecule has 0 heterocycles. The van der Waals surface area contributed by atoms with Crippen molar-refractivity contribution in [3.05, 3.63) is 59.7 Å². The largest absolute Gasteiger partial charge is 0.0683 e. The summed E-state index contributed by atoms with van der Waals surface area (Å²) >= 11 is 0. The first-order valence-electron chi connectivity index (χ1n) is 10.4. The highest BCUT2D eigenvalue weighted by molar-refractivity contribution is 6.24. The minimum absolute atomic E-state index is 1.35. The summed E-state index contributed by atoms with van der Waals surface area (Å²) in [7, 11) is 0. The van der Waals surface area contributed by atoms with E-state index in [1.54, 1.807) is 0 Å². The fourth-order valence-electron chi connectivity index (χ4n) is 3.09. The van der Waals surface area contributed by atoms with Crippen molar-refractivity contribution in [1.29, 1.82) is 0 Å². The average molecular weight is 351 g/mol. The van der Waals surface area contributed by atoms with Gasteiger partial charge in [-0.2, -0.15) is 0 Å². The van der Waals surface area contributed by atoms with Crippen molar-refractivity contribution in [3.8, 4) is 0 Å². The molecule has 0 saturated carbocycles. The normalized spacial score (nSPS) is 9.15. The van der Waals surface area contributed by atoms with Gasteiger partial charge in [-0.3, -0.25) is 0 Å². The van der Waals surface area contributed by atoms with Crippen molar-refractivity contribution >= 4 is 32.3 Å². The summed E-state index contributed by atoms with van der Waals surface area (Å²) in [5, 5.41) is 8.31. The van der Waals surface area contributed by atoms with Crippen molar-refractivity contribution in [2.45, 2.75) is 69.2 Å². The van der Waals surface area contributed by atoms with Gasteiger partial charge in [-0.1, -0.05) is 104 Å². The van der Waals surface area contributed by atoms with Crippen LogP contribution in [-0.4, -0.2) is 0 Å². The molecule has 4 aromatic rings. The van der Waals surface area contributed by atoms with Gasteiger partial charge < -0.3 is 0 Å². The van der Waals surface area contributed by atoms with Crippen LogP contribution in [0.15, 0.2) is 48.5 Å². The van der Waals surface area contributed by atoms with E-state index in [0.29, 0.717) is 0 Å². The van der Waals surface area contributed by atoms with Gasteiger partial charge in [0.2, 0.25) is 0 Å². The Morgan fingerprint density at radius 3 is 0.962 bits per heavy atom. The van der Waals surface area contributed by atoms with E-state index >= 15 is 0 Å². The molecule has 0 fully saturated rings. The molecule has 0 aliphatic rings. The molecular weight excluding hydrogens is 312 g/mol. The van der Waals surface area contributed by atoms with Crippen molar-refractivity contribution in [3.63, 3.8) is 0 Å². The lowest BCUT2D eigenvalue weighted by Gasteiger charge is -2.13. The maximum Gasteiger partial charge on any atom is -0.00240 e. The molecule has 26 heavy (non-hydrogen) atoms. The van der Waals surface area contributed by atoms with Crippen LogP contribution in [0.5, 0.6) is 0 Å². The Morgan fingerprint density at radius 2 is 0.654 bits per heavy atom. The summed E-state index contributed by atoms with van der Waals surface area (Å²) in [6, 6.07) is 17.9. The molecule has 0 heteroatoms. The van der Waals surface area contributed by atoms with Gasteiger partial charge in [0, 0.05) is 0 Å². The molecule has 0 nitrogen and oxygen atoms in total. The molecule has 0 radical (unpaired) electrons. The SMILES string of the molecule is CC.CC.CC.CC.Cc1ccc2ccc3c(C)ccc4ccc1c2c43. The van der Waals surface area contributed by atoms with Gasteiger partial charge >= 0.3 is 0 Å². The van der Waals surface area contributed by atoms with E-state index in [1.165, 1.54) is 43.4 Å². The van der Waals surface area contributed by atoms with Crippen LogP contribution in [0, 0.1) is 13.8 Å². The third-order valence-corrected chi connectivity index (χ3v) is 4.10. The topological polar surface area (TPSA) is 0 Å². The fraction of sp³-hybridized carbons (Fsp3) is 0.385. The van der Waals surface area contributed by atoms with E-state index < -0.39 is 0 Å². The van der Waals surface area contributed by atoms with Crippen LogP contribution >= 0.6 is 0 Å².